The molecule has 0 radical (unpaired) electrons. The summed E-state index contributed by atoms with van der Waals surface area (Å²) in [6.45, 7) is 6.14. The summed E-state index contributed by atoms with van der Waals surface area (Å²) < 4.78 is 66.6. The third-order valence-corrected chi connectivity index (χ3v) is 8.61. The van der Waals surface area contributed by atoms with Gasteiger partial charge in [-0.3, -0.25) is 13.6 Å². The van der Waals surface area contributed by atoms with E-state index in [0.29, 0.717) is 12.2 Å². The number of nitrogens with one attached hydrogen (secondary N) is 2. The lowest BCUT2D eigenvalue weighted by Gasteiger charge is -2.21. The van der Waals surface area contributed by atoms with Gasteiger partial charge < -0.3 is 19.8 Å². The van der Waals surface area contributed by atoms with Gasteiger partial charge in [-0.2, -0.15) is 23.9 Å². The Morgan fingerprint density at radius 1 is 1.11 bits per heavy atom. The monoisotopic (exact) mass is 674 g/mol. The van der Waals surface area contributed by atoms with Crippen molar-refractivity contribution in [1.82, 2.24) is 4.98 Å². The second-order valence-electron chi connectivity index (χ2n) is 9.24. The minimum Gasteiger partial charge on any atom is -0.370 e. The molecule has 45 heavy (non-hydrogen) atoms. The van der Waals surface area contributed by atoms with Gasteiger partial charge in [0.05, 0.1) is 16.3 Å². The van der Waals surface area contributed by atoms with Crippen molar-refractivity contribution in [3.63, 3.8) is 0 Å². The highest BCUT2D eigenvalue weighted by atomic mass is 32.2. The smallest absolute Gasteiger partial charge is 0.296 e. The number of aromatic nitrogens is 1. The second-order valence-corrected chi connectivity index (χ2v) is 13.1. The van der Waals surface area contributed by atoms with E-state index in [-0.39, 0.29) is 51.5 Å². The Morgan fingerprint density at radius 2 is 1.78 bits per heavy atom. The van der Waals surface area contributed by atoms with E-state index >= 15 is 0 Å². The van der Waals surface area contributed by atoms with Crippen molar-refractivity contribution in [2.24, 2.45) is 20.5 Å². The SMILES string of the molecule is C=CS(=O)CCN(C)c1[nH]c(NCCCC)c(C#N)c(=O)c1N=Nc1ccc(N=Nc2ccc(S(=O)O)cc2)cc1S(=O)(=O)O. The lowest BCUT2D eigenvalue weighted by molar-refractivity contribution is 0.483. The molecule has 1 aromatic heterocycles. The van der Waals surface area contributed by atoms with Gasteiger partial charge >= 0.3 is 0 Å². The quantitative estimate of drug-likeness (QED) is 0.0689. The summed E-state index contributed by atoms with van der Waals surface area (Å²) in [4.78, 5) is 17.5. The molecule has 0 saturated carbocycles. The molecule has 2 unspecified atom stereocenters. The average molecular weight is 675 g/mol. The fourth-order valence-electron chi connectivity index (χ4n) is 3.70. The standard InChI is InChI=1S/C27H30N8O7S3/c1-4-6-13-29-26-21(17-28)25(36)24(27(30-26)35(3)14-15-43(37)5-2)34-33-22-12-9-19(16-23(22)45(40,41)42)32-31-18-7-10-20(11-8-18)44(38)39/h5,7-12,16H,2,4,6,13-15H2,1,3H3,(H,38,39)(H2,29,30,36)(H,40,41,42). The Kier molecular flexibility index (Phi) is 12.5. The summed E-state index contributed by atoms with van der Waals surface area (Å²) >= 11 is -2.17. The number of benzene rings is 2. The fourth-order valence-corrected chi connectivity index (χ4v) is 5.34. The maximum atomic E-state index is 13.4. The Balaban J connectivity index is 2.07. The van der Waals surface area contributed by atoms with Crippen LogP contribution in [0.25, 0.3) is 0 Å². The van der Waals surface area contributed by atoms with Crippen molar-refractivity contribution in [3.05, 3.63) is 70.2 Å². The van der Waals surface area contributed by atoms with Crippen LogP contribution < -0.4 is 15.6 Å². The Hall–Kier alpha value is -4.41. The second kappa shape index (κ2) is 16.1. The van der Waals surface area contributed by atoms with Crippen LogP contribution in [0.4, 0.5) is 34.4 Å². The molecule has 4 N–H and O–H groups in total. The summed E-state index contributed by atoms with van der Waals surface area (Å²) in [7, 11) is -4.61. The molecular formula is C27H30N8O7S3. The number of nitriles is 1. The number of hydrogen-bond acceptors (Lipinski definition) is 12. The first-order valence-corrected chi connectivity index (χ1v) is 17.1. The predicted octanol–water partition coefficient (Wildman–Crippen LogP) is 5.45. The molecule has 3 rings (SSSR count). The minimum absolute atomic E-state index is 0.0131. The molecule has 18 heteroatoms. The zero-order valence-corrected chi connectivity index (χ0v) is 26.7. The number of nitrogens with zero attached hydrogens (tertiary/aromatic N) is 6. The molecule has 238 valence electrons. The summed E-state index contributed by atoms with van der Waals surface area (Å²) in [6, 6.07) is 11.0. The molecule has 1 heterocycles. The zero-order valence-electron chi connectivity index (χ0n) is 24.2. The van der Waals surface area contributed by atoms with Crippen LogP contribution in [0, 0.1) is 11.3 Å². The molecular weight excluding hydrogens is 645 g/mol. The lowest BCUT2D eigenvalue weighted by atomic mass is 10.2. The molecule has 0 amide bonds. The summed E-state index contributed by atoms with van der Waals surface area (Å²) in [6.07, 6.45) is 1.63. The number of pyridine rings is 1. The number of unbranched alkanes of at least 4 members (excludes halogenated alkanes) is 1. The van der Waals surface area contributed by atoms with Gasteiger partial charge in [-0.05, 0) is 54.3 Å². The van der Waals surface area contributed by atoms with E-state index in [9.17, 15) is 31.4 Å². The van der Waals surface area contributed by atoms with Gasteiger partial charge in [0, 0.05) is 36.7 Å². The van der Waals surface area contributed by atoms with Crippen molar-refractivity contribution in [1.29, 1.82) is 5.26 Å². The molecule has 0 fully saturated rings. The van der Waals surface area contributed by atoms with Gasteiger partial charge in [0.25, 0.3) is 10.1 Å². The first kappa shape index (κ1) is 35.1. The third kappa shape index (κ3) is 9.54. The van der Waals surface area contributed by atoms with Crippen LogP contribution in [0.2, 0.25) is 0 Å². The van der Waals surface area contributed by atoms with E-state index < -0.39 is 42.3 Å². The third-order valence-electron chi connectivity index (χ3n) is 6.10. The van der Waals surface area contributed by atoms with Gasteiger partial charge in [0.15, 0.2) is 16.8 Å². The highest BCUT2D eigenvalue weighted by Crippen LogP contribution is 2.33. The lowest BCUT2D eigenvalue weighted by Crippen LogP contribution is -2.27. The van der Waals surface area contributed by atoms with Crippen molar-refractivity contribution in [2.75, 3.05) is 36.1 Å². The van der Waals surface area contributed by atoms with Gasteiger partial charge in [0.2, 0.25) is 5.43 Å². The van der Waals surface area contributed by atoms with E-state index in [1.807, 2.05) is 13.0 Å². The molecule has 0 aliphatic rings. The summed E-state index contributed by atoms with van der Waals surface area (Å²) in [5.74, 6) is 0.456. The van der Waals surface area contributed by atoms with Crippen molar-refractivity contribution in [2.45, 2.75) is 29.6 Å². The Morgan fingerprint density at radius 3 is 2.38 bits per heavy atom. The molecule has 2 aromatic carbocycles. The van der Waals surface area contributed by atoms with Crippen LogP contribution in [-0.2, 0) is 32.0 Å². The van der Waals surface area contributed by atoms with Gasteiger partial charge in [-0.15, -0.1) is 10.2 Å². The Labute approximate surface area is 264 Å². The molecule has 0 aliphatic carbocycles. The molecule has 3 aromatic rings. The van der Waals surface area contributed by atoms with Crippen molar-refractivity contribution >= 4 is 66.4 Å². The van der Waals surface area contributed by atoms with Gasteiger partial charge in [-0.1, -0.05) is 19.9 Å². The number of azo groups is 2. The first-order valence-electron chi connectivity index (χ1n) is 13.2. The van der Waals surface area contributed by atoms with E-state index in [4.69, 9.17) is 4.55 Å². The normalized spacial score (nSPS) is 13.0. The average Bonchev–Trinajstić information content (AvgIpc) is 3.01. The number of hydrogen-bond donors (Lipinski definition) is 4. The van der Waals surface area contributed by atoms with Crippen LogP contribution in [0.1, 0.15) is 25.3 Å². The van der Waals surface area contributed by atoms with E-state index in [0.717, 1.165) is 18.9 Å². The van der Waals surface area contributed by atoms with Crippen molar-refractivity contribution in [3.8, 4) is 6.07 Å². The van der Waals surface area contributed by atoms with Gasteiger partial charge in [-0.25, -0.2) is 4.21 Å². The molecule has 15 nitrogen and oxygen atoms in total. The first-order chi connectivity index (χ1) is 21.4. The largest absolute Gasteiger partial charge is 0.370 e. The maximum absolute atomic E-state index is 13.4. The van der Waals surface area contributed by atoms with Crippen LogP contribution in [-0.4, -0.2) is 56.8 Å². The van der Waals surface area contributed by atoms with E-state index in [2.05, 4.69) is 37.3 Å². The molecule has 0 bridgehead atoms. The highest BCUT2D eigenvalue weighted by molar-refractivity contribution is 7.88. The summed E-state index contributed by atoms with van der Waals surface area (Å²) in [5.41, 5.74) is -1.40. The maximum Gasteiger partial charge on any atom is 0.296 e. The minimum atomic E-state index is -4.87. The van der Waals surface area contributed by atoms with E-state index in [1.54, 1.807) is 11.9 Å². The van der Waals surface area contributed by atoms with E-state index in [1.165, 1.54) is 41.8 Å². The number of anilines is 2. The van der Waals surface area contributed by atoms with Crippen LogP contribution in [0.3, 0.4) is 0 Å². The molecule has 0 saturated heterocycles. The van der Waals surface area contributed by atoms with Crippen LogP contribution in [0.15, 0.2) is 89.5 Å². The molecule has 0 aliphatic heterocycles. The number of rotatable bonds is 15. The van der Waals surface area contributed by atoms with Gasteiger partial charge in [0.1, 0.15) is 33.9 Å². The topological polar surface area (TPSA) is 230 Å². The zero-order chi connectivity index (χ0) is 33.1. The van der Waals surface area contributed by atoms with Crippen LogP contribution >= 0.6 is 0 Å². The summed E-state index contributed by atoms with van der Waals surface area (Å²) in [5, 5.41) is 29.9. The molecule has 2 atom stereocenters. The highest BCUT2D eigenvalue weighted by Gasteiger charge is 2.21. The van der Waals surface area contributed by atoms with Crippen LogP contribution in [0.5, 0.6) is 0 Å². The molecule has 0 spiro atoms. The number of aromatic amines is 1. The number of H-pyrrole nitrogens is 1. The fraction of sp³-hybridized carbons (Fsp3) is 0.259. The van der Waals surface area contributed by atoms with Crippen molar-refractivity contribution < 1.29 is 25.9 Å². The Bertz CT molecular complexity index is 1870. The predicted molar refractivity (Wildman–Crippen MR) is 172 cm³/mol.